The molecule has 2 atom stereocenters. The first-order valence-corrected chi connectivity index (χ1v) is 16.9. The molecular formula is C43H42N2O4. The van der Waals surface area contributed by atoms with Crippen molar-refractivity contribution in [1.29, 1.82) is 0 Å². The van der Waals surface area contributed by atoms with E-state index in [1.165, 1.54) is 5.56 Å². The summed E-state index contributed by atoms with van der Waals surface area (Å²) >= 11 is 0. The number of aryl methyl sites for hydroxylation is 1. The Morgan fingerprint density at radius 1 is 0.776 bits per heavy atom. The van der Waals surface area contributed by atoms with Crippen LogP contribution in [0.4, 0.5) is 0 Å². The van der Waals surface area contributed by atoms with Gasteiger partial charge in [0, 0.05) is 31.6 Å². The van der Waals surface area contributed by atoms with Gasteiger partial charge in [0.15, 0.2) is 11.6 Å². The van der Waals surface area contributed by atoms with E-state index < -0.39 is 11.6 Å². The fourth-order valence-electron chi connectivity index (χ4n) is 6.03. The predicted octanol–water partition coefficient (Wildman–Crippen LogP) is 8.22. The Morgan fingerprint density at radius 2 is 1.41 bits per heavy atom. The Balaban J connectivity index is 1.33. The number of aliphatic imine (C=N–C) groups is 1. The summed E-state index contributed by atoms with van der Waals surface area (Å²) in [4.78, 5) is 19.7. The number of nitrogens with one attached hydrogen (secondary N) is 1. The van der Waals surface area contributed by atoms with Crippen LogP contribution >= 0.6 is 0 Å². The minimum absolute atomic E-state index is 0.0750. The molecule has 5 aromatic carbocycles. The van der Waals surface area contributed by atoms with Gasteiger partial charge >= 0.3 is 0 Å². The van der Waals surface area contributed by atoms with Crippen LogP contribution in [-0.4, -0.2) is 42.2 Å². The average Bonchev–Trinajstić information content (AvgIpc) is 3.56. The second kappa shape index (κ2) is 16.6. The van der Waals surface area contributed by atoms with Crippen molar-refractivity contribution in [3.05, 3.63) is 168 Å². The minimum atomic E-state index is -1.25. The summed E-state index contributed by atoms with van der Waals surface area (Å²) in [5, 5.41) is 12.3. The SMILES string of the molecule is O=C(NCCCc1ccccc1)[C@]1(C/C=C/c2ccccc2)N=C(c2ccc(OCCCO)cc2)O[C@@H]1c1ccc(-c2ccccc2)cc1. The van der Waals surface area contributed by atoms with Gasteiger partial charge in [-0.3, -0.25) is 4.79 Å². The number of amides is 1. The lowest BCUT2D eigenvalue weighted by molar-refractivity contribution is -0.128. The zero-order valence-corrected chi connectivity index (χ0v) is 27.6. The van der Waals surface area contributed by atoms with Gasteiger partial charge in [0.05, 0.1) is 6.61 Å². The Morgan fingerprint density at radius 3 is 2.10 bits per heavy atom. The van der Waals surface area contributed by atoms with Crippen molar-refractivity contribution in [3.63, 3.8) is 0 Å². The summed E-state index contributed by atoms with van der Waals surface area (Å²) in [6, 6.07) is 46.4. The number of rotatable bonds is 15. The Labute approximate surface area is 288 Å². The summed E-state index contributed by atoms with van der Waals surface area (Å²) in [5.41, 5.74) is 4.86. The van der Waals surface area contributed by atoms with E-state index in [9.17, 15) is 4.79 Å². The van der Waals surface area contributed by atoms with Gasteiger partial charge in [-0.25, -0.2) is 4.99 Å². The highest BCUT2D eigenvalue weighted by Crippen LogP contribution is 2.43. The van der Waals surface area contributed by atoms with Crippen molar-refractivity contribution in [1.82, 2.24) is 5.32 Å². The molecule has 5 aromatic rings. The number of aliphatic hydroxyl groups excluding tert-OH is 1. The summed E-state index contributed by atoms with van der Waals surface area (Å²) < 4.78 is 12.5. The molecule has 0 aromatic heterocycles. The molecule has 0 unspecified atom stereocenters. The van der Waals surface area contributed by atoms with Crippen LogP contribution in [0.25, 0.3) is 17.2 Å². The summed E-state index contributed by atoms with van der Waals surface area (Å²) in [7, 11) is 0. The monoisotopic (exact) mass is 650 g/mol. The number of benzene rings is 5. The van der Waals surface area contributed by atoms with Crippen molar-refractivity contribution < 1.29 is 19.4 Å². The molecule has 6 nitrogen and oxygen atoms in total. The molecule has 0 saturated carbocycles. The van der Waals surface area contributed by atoms with Crippen molar-refractivity contribution in [2.75, 3.05) is 19.8 Å². The smallest absolute Gasteiger partial charge is 0.252 e. The Bertz CT molecular complexity index is 1820. The molecule has 0 saturated heterocycles. The lowest BCUT2D eigenvalue weighted by Crippen LogP contribution is -2.48. The van der Waals surface area contributed by atoms with Crippen molar-refractivity contribution in [2.45, 2.75) is 37.3 Å². The number of carbonyl (C=O) groups is 1. The van der Waals surface area contributed by atoms with Crippen LogP contribution in [0.3, 0.4) is 0 Å². The molecule has 0 spiro atoms. The minimum Gasteiger partial charge on any atom is -0.494 e. The highest BCUT2D eigenvalue weighted by atomic mass is 16.5. The third-order valence-electron chi connectivity index (χ3n) is 8.66. The number of hydrogen-bond acceptors (Lipinski definition) is 5. The van der Waals surface area contributed by atoms with Crippen LogP contribution in [0.5, 0.6) is 5.75 Å². The number of carbonyl (C=O) groups excluding carboxylic acids is 1. The van der Waals surface area contributed by atoms with E-state index in [1.807, 2.05) is 115 Å². The van der Waals surface area contributed by atoms with Crippen molar-refractivity contribution in [2.24, 2.45) is 4.99 Å². The number of hydrogen-bond donors (Lipinski definition) is 2. The molecule has 1 amide bonds. The number of aliphatic hydroxyl groups is 1. The Kier molecular flexibility index (Phi) is 11.3. The maximum absolute atomic E-state index is 14.5. The van der Waals surface area contributed by atoms with Crippen LogP contribution < -0.4 is 10.1 Å². The maximum Gasteiger partial charge on any atom is 0.252 e. The average molecular weight is 651 g/mol. The lowest BCUT2D eigenvalue weighted by atomic mass is 9.83. The summed E-state index contributed by atoms with van der Waals surface area (Å²) in [6.45, 7) is 1.02. The van der Waals surface area contributed by atoms with Crippen LogP contribution in [-0.2, 0) is 16.0 Å². The molecule has 248 valence electrons. The molecule has 0 fully saturated rings. The highest BCUT2D eigenvalue weighted by Gasteiger charge is 2.52. The van der Waals surface area contributed by atoms with Gasteiger partial charge in [-0.05, 0) is 64.9 Å². The molecule has 49 heavy (non-hydrogen) atoms. The summed E-state index contributed by atoms with van der Waals surface area (Å²) in [6.07, 6.45) is 5.96. The zero-order chi connectivity index (χ0) is 33.7. The second-order valence-electron chi connectivity index (χ2n) is 12.1. The van der Waals surface area contributed by atoms with Gasteiger partial charge < -0.3 is 19.9 Å². The molecule has 2 N–H and O–H groups in total. The van der Waals surface area contributed by atoms with Gasteiger partial charge in [-0.15, -0.1) is 0 Å². The Hall–Kier alpha value is -5.46. The van der Waals surface area contributed by atoms with Crippen LogP contribution in [0, 0.1) is 0 Å². The fourth-order valence-corrected chi connectivity index (χ4v) is 6.03. The van der Waals surface area contributed by atoms with Crippen molar-refractivity contribution in [3.8, 4) is 16.9 Å². The molecule has 1 aliphatic rings. The molecule has 1 heterocycles. The molecule has 6 rings (SSSR count). The van der Waals surface area contributed by atoms with Crippen LogP contribution in [0.1, 0.15) is 47.6 Å². The maximum atomic E-state index is 14.5. The molecule has 0 bridgehead atoms. The second-order valence-corrected chi connectivity index (χ2v) is 12.1. The largest absolute Gasteiger partial charge is 0.494 e. The van der Waals surface area contributed by atoms with E-state index in [0.29, 0.717) is 37.6 Å². The quantitative estimate of drug-likeness (QED) is 0.112. The van der Waals surface area contributed by atoms with E-state index in [0.717, 1.165) is 40.7 Å². The van der Waals surface area contributed by atoms with E-state index in [2.05, 4.69) is 41.7 Å². The van der Waals surface area contributed by atoms with E-state index >= 15 is 0 Å². The van der Waals surface area contributed by atoms with Crippen molar-refractivity contribution >= 4 is 17.9 Å². The predicted molar refractivity (Wildman–Crippen MR) is 196 cm³/mol. The third-order valence-corrected chi connectivity index (χ3v) is 8.66. The zero-order valence-electron chi connectivity index (χ0n) is 27.6. The fraction of sp³-hybridized carbons (Fsp3) is 0.209. The lowest BCUT2D eigenvalue weighted by Gasteiger charge is -2.30. The third kappa shape index (κ3) is 8.53. The first-order chi connectivity index (χ1) is 24.1. The first kappa shape index (κ1) is 33.4. The van der Waals surface area contributed by atoms with Gasteiger partial charge in [0.2, 0.25) is 5.90 Å². The molecule has 0 aliphatic carbocycles. The van der Waals surface area contributed by atoms with Crippen LogP contribution in [0.15, 0.2) is 151 Å². The van der Waals surface area contributed by atoms with Gasteiger partial charge in [0.25, 0.3) is 5.91 Å². The van der Waals surface area contributed by atoms with E-state index in [1.54, 1.807) is 0 Å². The molecular weight excluding hydrogens is 608 g/mol. The molecule has 6 heteroatoms. The van der Waals surface area contributed by atoms with E-state index in [-0.39, 0.29) is 12.5 Å². The first-order valence-electron chi connectivity index (χ1n) is 16.9. The molecule has 0 radical (unpaired) electrons. The highest BCUT2D eigenvalue weighted by molar-refractivity contribution is 6.01. The van der Waals surface area contributed by atoms with Gasteiger partial charge in [-0.1, -0.05) is 127 Å². The van der Waals surface area contributed by atoms with Gasteiger partial charge in [0.1, 0.15) is 5.75 Å². The van der Waals surface area contributed by atoms with E-state index in [4.69, 9.17) is 19.6 Å². The standard InChI is InChI=1S/C43H42N2O4/c46-31-12-32-48-39-27-25-38(26-28-39)41-45-43(29-10-17-33-13-4-1-5-14-33,42(47)44-30-11-18-34-15-6-2-7-16-34)40(49-41)37-23-21-36(22-24-37)35-19-8-3-9-20-35/h1-10,13-17,19-28,40,46H,11-12,18,29-32H2,(H,44,47)/b17-10+/t40-,43-/m1/s1. The molecule has 1 aliphatic heterocycles. The van der Waals surface area contributed by atoms with Gasteiger partial charge in [-0.2, -0.15) is 0 Å². The number of nitrogens with zero attached hydrogens (tertiary/aromatic N) is 1. The summed E-state index contributed by atoms with van der Waals surface area (Å²) in [5.74, 6) is 0.929. The van der Waals surface area contributed by atoms with Crippen LogP contribution in [0.2, 0.25) is 0 Å². The topological polar surface area (TPSA) is 80.2 Å². The number of ether oxygens (including phenoxy) is 2. The normalized spacial score (nSPS) is 17.0.